The van der Waals surface area contributed by atoms with Crippen LogP contribution >= 0.6 is 0 Å². The molecule has 0 radical (unpaired) electrons. The van der Waals surface area contributed by atoms with Crippen molar-refractivity contribution in [1.82, 2.24) is 0 Å². The summed E-state index contributed by atoms with van der Waals surface area (Å²) < 4.78 is 0. The fraction of sp³-hybridized carbons (Fsp3) is 0.333. The molecule has 0 unspecified atom stereocenters. The van der Waals surface area contributed by atoms with Crippen LogP contribution in [-0.2, 0) is 9.78 Å². The monoisotopic (exact) mass is 300 g/mol. The minimum atomic E-state index is 0.108. The molecule has 1 fully saturated rings. The summed E-state index contributed by atoms with van der Waals surface area (Å²) in [5, 5.41) is 0. The molecule has 2 aromatic rings. The van der Waals surface area contributed by atoms with E-state index in [1.807, 2.05) is 60.7 Å². The van der Waals surface area contributed by atoms with Gasteiger partial charge in [-0.15, -0.1) is 0 Å². The summed E-state index contributed by atoms with van der Waals surface area (Å²) >= 11 is 0. The first kappa shape index (κ1) is 14.9. The first-order valence-electron chi connectivity index (χ1n) is 7.67. The second-order valence-corrected chi connectivity index (χ2v) is 5.38. The van der Waals surface area contributed by atoms with E-state index >= 15 is 0 Å². The highest BCUT2D eigenvalue weighted by Crippen LogP contribution is 2.25. The van der Waals surface area contributed by atoms with E-state index in [-0.39, 0.29) is 12.2 Å². The smallest absolute Gasteiger partial charge is 0.165 e. The first-order chi connectivity index (χ1) is 10.9. The van der Waals surface area contributed by atoms with Gasteiger partial charge in [-0.05, 0) is 49.9 Å². The highest BCUT2D eigenvalue weighted by atomic mass is 17.2. The van der Waals surface area contributed by atoms with Crippen LogP contribution in [0.2, 0.25) is 0 Å². The van der Waals surface area contributed by atoms with Crippen molar-refractivity contribution in [3.05, 3.63) is 60.7 Å². The van der Waals surface area contributed by atoms with Crippen LogP contribution in [0.3, 0.4) is 0 Å². The quantitative estimate of drug-likeness (QED) is 0.588. The summed E-state index contributed by atoms with van der Waals surface area (Å²) in [7, 11) is 0. The van der Waals surface area contributed by atoms with Crippen molar-refractivity contribution in [2.45, 2.75) is 37.9 Å². The Bertz CT molecular complexity index is 484. The minimum absolute atomic E-state index is 0.108. The molecular formula is C18H20O4. The average Bonchev–Trinajstić information content (AvgIpc) is 2.61. The van der Waals surface area contributed by atoms with Gasteiger partial charge < -0.3 is 9.78 Å². The van der Waals surface area contributed by atoms with Gasteiger partial charge in [0.2, 0.25) is 0 Å². The maximum Gasteiger partial charge on any atom is 0.165 e. The Kier molecular flexibility index (Phi) is 5.29. The normalized spacial score (nSPS) is 21.3. The molecule has 0 aromatic heterocycles. The second-order valence-electron chi connectivity index (χ2n) is 5.38. The van der Waals surface area contributed by atoms with Crippen LogP contribution in [-0.4, -0.2) is 12.2 Å². The summed E-state index contributed by atoms with van der Waals surface area (Å²) in [6.07, 6.45) is 3.81. The lowest BCUT2D eigenvalue weighted by molar-refractivity contribution is -0.280. The van der Waals surface area contributed by atoms with Crippen LogP contribution in [0.15, 0.2) is 60.7 Å². The highest BCUT2D eigenvalue weighted by molar-refractivity contribution is 5.20. The van der Waals surface area contributed by atoms with Crippen LogP contribution in [0.1, 0.15) is 25.7 Å². The van der Waals surface area contributed by atoms with E-state index in [1.54, 1.807) is 0 Å². The Balaban J connectivity index is 1.35. The zero-order valence-corrected chi connectivity index (χ0v) is 12.4. The largest absolute Gasteiger partial charge is 0.337 e. The van der Waals surface area contributed by atoms with Gasteiger partial charge in [-0.2, -0.15) is 9.78 Å². The Labute approximate surface area is 130 Å². The van der Waals surface area contributed by atoms with Crippen molar-refractivity contribution in [1.29, 1.82) is 0 Å². The van der Waals surface area contributed by atoms with Gasteiger partial charge in [0.15, 0.2) is 11.5 Å². The van der Waals surface area contributed by atoms with E-state index in [0.29, 0.717) is 0 Å². The molecule has 4 nitrogen and oxygen atoms in total. The highest BCUT2D eigenvalue weighted by Gasteiger charge is 2.24. The third-order valence-corrected chi connectivity index (χ3v) is 3.67. The number of hydrogen-bond donors (Lipinski definition) is 0. The number of benzene rings is 2. The molecule has 22 heavy (non-hydrogen) atoms. The molecule has 0 amide bonds. The SMILES string of the molecule is c1ccc(OOC2CCC(OOc3ccccc3)CC2)cc1. The van der Waals surface area contributed by atoms with Gasteiger partial charge >= 0.3 is 0 Å². The molecule has 3 rings (SSSR count). The second kappa shape index (κ2) is 7.82. The lowest BCUT2D eigenvalue weighted by atomic mass is 9.95. The van der Waals surface area contributed by atoms with Crippen molar-refractivity contribution in [3.63, 3.8) is 0 Å². The van der Waals surface area contributed by atoms with E-state index in [0.717, 1.165) is 37.2 Å². The molecule has 0 N–H and O–H groups in total. The molecule has 0 bridgehead atoms. The fourth-order valence-corrected chi connectivity index (χ4v) is 2.42. The maximum absolute atomic E-state index is 5.48. The van der Waals surface area contributed by atoms with Crippen LogP contribution in [0, 0.1) is 0 Å². The lowest BCUT2D eigenvalue weighted by Crippen LogP contribution is -2.28. The molecular weight excluding hydrogens is 280 g/mol. The predicted octanol–water partition coefficient (Wildman–Crippen LogP) is 4.32. The standard InChI is InChI=1S/C18H20O4/c1-3-7-15(8-4-1)19-21-17-11-13-18(14-12-17)22-20-16-9-5-2-6-10-16/h1-10,17-18H,11-14H2. The Hall–Kier alpha value is -2.04. The fourth-order valence-electron chi connectivity index (χ4n) is 2.42. The van der Waals surface area contributed by atoms with Gasteiger partial charge in [-0.1, -0.05) is 36.4 Å². The summed E-state index contributed by atoms with van der Waals surface area (Å²) in [6, 6.07) is 19.1. The molecule has 2 aromatic carbocycles. The van der Waals surface area contributed by atoms with E-state index in [2.05, 4.69) is 0 Å². The van der Waals surface area contributed by atoms with Crippen molar-refractivity contribution >= 4 is 0 Å². The summed E-state index contributed by atoms with van der Waals surface area (Å²) in [4.78, 5) is 21.6. The average molecular weight is 300 g/mol. The molecule has 0 aliphatic heterocycles. The third-order valence-electron chi connectivity index (χ3n) is 3.67. The van der Waals surface area contributed by atoms with E-state index in [4.69, 9.17) is 19.6 Å². The molecule has 0 saturated heterocycles. The maximum atomic E-state index is 5.48. The zero-order valence-electron chi connectivity index (χ0n) is 12.4. The van der Waals surface area contributed by atoms with Crippen molar-refractivity contribution in [2.24, 2.45) is 0 Å². The first-order valence-corrected chi connectivity index (χ1v) is 7.67. The number of para-hydroxylation sites is 2. The van der Waals surface area contributed by atoms with Crippen LogP contribution in [0.5, 0.6) is 11.5 Å². The van der Waals surface area contributed by atoms with Gasteiger partial charge in [-0.3, -0.25) is 0 Å². The van der Waals surface area contributed by atoms with Crippen LogP contribution in [0.25, 0.3) is 0 Å². The Morgan fingerprint density at radius 1 is 0.545 bits per heavy atom. The molecule has 4 heteroatoms. The van der Waals surface area contributed by atoms with Crippen molar-refractivity contribution in [3.8, 4) is 11.5 Å². The van der Waals surface area contributed by atoms with Gasteiger partial charge in [-0.25, -0.2) is 0 Å². The zero-order chi connectivity index (χ0) is 15.0. The number of hydrogen-bond acceptors (Lipinski definition) is 4. The number of rotatable bonds is 6. The molecule has 0 heterocycles. The van der Waals surface area contributed by atoms with Crippen molar-refractivity contribution in [2.75, 3.05) is 0 Å². The van der Waals surface area contributed by atoms with Crippen LogP contribution in [0.4, 0.5) is 0 Å². The minimum Gasteiger partial charge on any atom is -0.337 e. The van der Waals surface area contributed by atoms with E-state index < -0.39 is 0 Å². The third kappa shape index (κ3) is 4.48. The molecule has 1 saturated carbocycles. The van der Waals surface area contributed by atoms with Crippen LogP contribution < -0.4 is 9.78 Å². The Morgan fingerprint density at radius 3 is 1.27 bits per heavy atom. The topological polar surface area (TPSA) is 36.9 Å². The van der Waals surface area contributed by atoms with Gasteiger partial charge in [0.1, 0.15) is 12.2 Å². The summed E-state index contributed by atoms with van der Waals surface area (Å²) in [5.41, 5.74) is 0. The molecule has 0 spiro atoms. The Morgan fingerprint density at radius 2 is 0.909 bits per heavy atom. The van der Waals surface area contributed by atoms with E-state index in [1.165, 1.54) is 0 Å². The van der Waals surface area contributed by atoms with Crippen molar-refractivity contribution < 1.29 is 19.6 Å². The summed E-state index contributed by atoms with van der Waals surface area (Å²) in [6.45, 7) is 0. The van der Waals surface area contributed by atoms with E-state index in [9.17, 15) is 0 Å². The van der Waals surface area contributed by atoms with Gasteiger partial charge in [0.25, 0.3) is 0 Å². The van der Waals surface area contributed by atoms with Gasteiger partial charge in [0.05, 0.1) is 0 Å². The predicted molar refractivity (Wildman–Crippen MR) is 82.4 cm³/mol. The molecule has 1 aliphatic carbocycles. The molecule has 0 atom stereocenters. The lowest BCUT2D eigenvalue weighted by Gasteiger charge is -2.26. The summed E-state index contributed by atoms with van der Waals surface area (Å²) in [5.74, 6) is 1.46. The molecule has 116 valence electrons. The molecule has 1 aliphatic rings. The van der Waals surface area contributed by atoms with Gasteiger partial charge in [0, 0.05) is 0 Å².